The van der Waals surface area contributed by atoms with Gasteiger partial charge in [0.15, 0.2) is 5.13 Å². The second-order valence-corrected chi connectivity index (χ2v) is 11.1. The highest BCUT2D eigenvalue weighted by molar-refractivity contribution is 7.97. The Bertz CT molecular complexity index is 1370. The van der Waals surface area contributed by atoms with Crippen LogP contribution in [-0.4, -0.2) is 50.4 Å². The van der Waals surface area contributed by atoms with Gasteiger partial charge in [-0.05, 0) is 66.8 Å². The van der Waals surface area contributed by atoms with Crippen LogP contribution in [0.5, 0.6) is 0 Å². The minimum Gasteiger partial charge on any atom is -0.305 e. The first-order valence-corrected chi connectivity index (χ1v) is 15.5. The van der Waals surface area contributed by atoms with E-state index in [4.69, 9.17) is 21.6 Å². The second-order valence-electron chi connectivity index (χ2n) is 8.71. The van der Waals surface area contributed by atoms with E-state index in [0.717, 1.165) is 77.5 Å². The Hall–Kier alpha value is -2.39. The lowest BCUT2D eigenvalue weighted by Crippen LogP contribution is -2.22. The van der Waals surface area contributed by atoms with Gasteiger partial charge in [-0.15, -0.1) is 22.9 Å². The summed E-state index contributed by atoms with van der Waals surface area (Å²) < 4.78 is 18.0. The maximum absolute atomic E-state index is 13.4. The molecule has 5 nitrogen and oxygen atoms in total. The molecule has 1 aliphatic rings. The largest absolute Gasteiger partial charge is 0.305 e. The third kappa shape index (κ3) is 6.42. The minimum atomic E-state index is -0.244. The molecule has 0 bridgehead atoms. The Morgan fingerprint density at radius 3 is 2.55 bits per heavy atom. The summed E-state index contributed by atoms with van der Waals surface area (Å²) in [5, 5.41) is 2.89. The van der Waals surface area contributed by atoms with E-state index in [0.29, 0.717) is 0 Å². The molecule has 0 spiro atoms. The van der Waals surface area contributed by atoms with Crippen LogP contribution in [0.25, 0.3) is 22.5 Å². The Balaban J connectivity index is 0.00000164. The summed E-state index contributed by atoms with van der Waals surface area (Å²) in [5.41, 5.74) is 6.32. The Kier molecular flexibility index (Phi) is 10.2. The SMILES string of the molecule is CC.CCc1nc2ccc(C3=CCN(SCCCCl)CC3)cn2c1N(C)c1nc(-c2ccc(F)cc2)cs1. The van der Waals surface area contributed by atoms with Crippen LogP contribution in [0.15, 0.2) is 54.1 Å². The molecule has 4 heterocycles. The van der Waals surface area contributed by atoms with E-state index in [1.807, 2.05) is 38.2 Å². The van der Waals surface area contributed by atoms with Crippen molar-refractivity contribution in [2.45, 2.75) is 40.0 Å². The number of imidazole rings is 1. The predicted molar refractivity (Wildman–Crippen MR) is 163 cm³/mol. The zero-order valence-corrected chi connectivity index (χ0v) is 24.8. The zero-order chi connectivity index (χ0) is 27.1. The molecule has 9 heteroatoms. The molecule has 0 amide bonds. The topological polar surface area (TPSA) is 36.7 Å². The quantitative estimate of drug-likeness (QED) is 0.115. The number of hydrogen-bond donors (Lipinski definition) is 0. The summed E-state index contributed by atoms with van der Waals surface area (Å²) in [6.45, 7) is 8.12. The lowest BCUT2D eigenvalue weighted by Gasteiger charge is -2.25. The number of aromatic nitrogens is 3. The number of aryl methyl sites for hydroxylation is 1. The molecule has 202 valence electrons. The summed E-state index contributed by atoms with van der Waals surface area (Å²) >= 11 is 9.29. The van der Waals surface area contributed by atoms with Gasteiger partial charge in [-0.25, -0.2) is 18.7 Å². The summed E-state index contributed by atoms with van der Waals surface area (Å²) in [4.78, 5) is 11.9. The summed E-state index contributed by atoms with van der Waals surface area (Å²) in [7, 11) is 2.04. The summed E-state index contributed by atoms with van der Waals surface area (Å²) in [5.74, 6) is 2.58. The first-order valence-electron chi connectivity index (χ1n) is 13.2. The smallest absolute Gasteiger partial charge is 0.191 e. The molecule has 4 aromatic rings. The van der Waals surface area contributed by atoms with Crippen LogP contribution in [0.3, 0.4) is 0 Å². The summed E-state index contributed by atoms with van der Waals surface area (Å²) in [6.07, 6.45) is 7.44. The van der Waals surface area contributed by atoms with Gasteiger partial charge in [0.05, 0.1) is 11.4 Å². The molecule has 0 unspecified atom stereocenters. The molecule has 0 fully saturated rings. The van der Waals surface area contributed by atoms with Gasteiger partial charge in [0.1, 0.15) is 17.3 Å². The maximum atomic E-state index is 13.4. The molecule has 0 N–H and O–H groups in total. The number of pyridine rings is 1. The van der Waals surface area contributed by atoms with Gasteiger partial charge in [0.2, 0.25) is 0 Å². The van der Waals surface area contributed by atoms with Crippen molar-refractivity contribution in [2.24, 2.45) is 0 Å². The highest BCUT2D eigenvalue weighted by atomic mass is 35.5. The van der Waals surface area contributed by atoms with Crippen molar-refractivity contribution in [3.63, 3.8) is 0 Å². The molecule has 0 aliphatic carbocycles. The fourth-order valence-electron chi connectivity index (χ4n) is 4.40. The lowest BCUT2D eigenvalue weighted by molar-refractivity contribution is 0.516. The zero-order valence-electron chi connectivity index (χ0n) is 22.5. The van der Waals surface area contributed by atoms with E-state index in [2.05, 4.69) is 44.9 Å². The van der Waals surface area contributed by atoms with Crippen LogP contribution in [0.1, 0.15) is 44.9 Å². The number of nitrogens with zero attached hydrogens (tertiary/aromatic N) is 5. The molecule has 0 radical (unpaired) electrons. The van der Waals surface area contributed by atoms with E-state index in [9.17, 15) is 4.39 Å². The number of thiazole rings is 1. The molecule has 0 atom stereocenters. The average molecular weight is 572 g/mol. The molecule has 0 saturated heterocycles. The Labute approximate surface area is 238 Å². The van der Waals surface area contributed by atoms with Crippen molar-refractivity contribution in [3.05, 3.63) is 71.1 Å². The van der Waals surface area contributed by atoms with E-state index in [-0.39, 0.29) is 5.82 Å². The van der Waals surface area contributed by atoms with Crippen molar-refractivity contribution in [3.8, 4) is 11.3 Å². The summed E-state index contributed by atoms with van der Waals surface area (Å²) in [6, 6.07) is 10.8. The van der Waals surface area contributed by atoms with Gasteiger partial charge in [-0.1, -0.05) is 38.8 Å². The highest BCUT2D eigenvalue weighted by Crippen LogP contribution is 2.35. The molecular weight excluding hydrogens is 537 g/mol. The molecule has 0 saturated carbocycles. The third-order valence-electron chi connectivity index (χ3n) is 6.33. The molecule has 5 rings (SSSR count). The first-order chi connectivity index (χ1) is 18.6. The standard InChI is InChI=1S/C27H29ClFN5S2.C2H6/c1-3-23-26(32(2)27-31-24(18-35-27)20-5-8-22(29)9-6-20)34-17-21(7-10-25(34)30-23)19-11-14-33(15-12-19)36-16-4-13-28;1-2/h5-11,17-18H,3-4,12-16H2,1-2H3;1-2H3. The van der Waals surface area contributed by atoms with E-state index in [1.54, 1.807) is 23.5 Å². The third-order valence-corrected chi connectivity index (χ3v) is 8.68. The number of halogens is 2. The Morgan fingerprint density at radius 2 is 1.87 bits per heavy atom. The minimum absolute atomic E-state index is 0.244. The average Bonchev–Trinajstić information content (AvgIpc) is 3.60. The normalized spacial score (nSPS) is 13.8. The van der Waals surface area contributed by atoms with Crippen molar-refractivity contribution < 1.29 is 4.39 Å². The van der Waals surface area contributed by atoms with Crippen molar-refractivity contribution in [1.82, 2.24) is 18.7 Å². The number of benzene rings is 1. The first kappa shape index (κ1) is 28.6. The van der Waals surface area contributed by atoms with Crippen LogP contribution in [0.4, 0.5) is 15.3 Å². The van der Waals surface area contributed by atoms with Crippen LogP contribution in [0, 0.1) is 5.82 Å². The number of alkyl halides is 1. The van der Waals surface area contributed by atoms with Crippen molar-refractivity contribution in [2.75, 3.05) is 36.7 Å². The van der Waals surface area contributed by atoms with Crippen LogP contribution in [0.2, 0.25) is 0 Å². The maximum Gasteiger partial charge on any atom is 0.191 e. The molecule has 3 aromatic heterocycles. The molecular formula is C29H35ClFN5S2. The number of rotatable bonds is 9. The number of hydrogen-bond acceptors (Lipinski definition) is 6. The van der Waals surface area contributed by atoms with Gasteiger partial charge < -0.3 is 4.90 Å². The second kappa shape index (κ2) is 13.6. The van der Waals surface area contributed by atoms with Gasteiger partial charge in [-0.3, -0.25) is 4.40 Å². The van der Waals surface area contributed by atoms with Crippen LogP contribution in [-0.2, 0) is 6.42 Å². The Morgan fingerprint density at radius 1 is 1.11 bits per heavy atom. The molecule has 38 heavy (non-hydrogen) atoms. The van der Waals surface area contributed by atoms with Crippen molar-refractivity contribution >= 4 is 57.1 Å². The van der Waals surface area contributed by atoms with Gasteiger partial charge >= 0.3 is 0 Å². The van der Waals surface area contributed by atoms with Gasteiger partial charge in [0, 0.05) is 48.9 Å². The van der Waals surface area contributed by atoms with Gasteiger partial charge in [-0.2, -0.15) is 0 Å². The molecule has 1 aromatic carbocycles. The van der Waals surface area contributed by atoms with Gasteiger partial charge in [0.25, 0.3) is 0 Å². The monoisotopic (exact) mass is 571 g/mol. The fourth-order valence-corrected chi connectivity index (χ4v) is 6.43. The lowest BCUT2D eigenvalue weighted by atomic mass is 10.0. The van der Waals surface area contributed by atoms with E-state index < -0.39 is 0 Å². The highest BCUT2D eigenvalue weighted by Gasteiger charge is 2.20. The van der Waals surface area contributed by atoms with Crippen LogP contribution >= 0.6 is 34.9 Å². The van der Waals surface area contributed by atoms with Crippen LogP contribution < -0.4 is 4.90 Å². The molecule has 1 aliphatic heterocycles. The predicted octanol–water partition coefficient (Wildman–Crippen LogP) is 8.32. The fraction of sp³-hybridized carbons (Fsp3) is 0.379. The van der Waals surface area contributed by atoms with Crippen molar-refractivity contribution in [1.29, 1.82) is 0 Å². The number of anilines is 2. The van der Waals surface area contributed by atoms with E-state index in [1.165, 1.54) is 23.3 Å². The van der Waals surface area contributed by atoms with E-state index >= 15 is 0 Å². The number of fused-ring (bicyclic) bond motifs is 1.